The second-order valence-electron chi connectivity index (χ2n) is 4.06. The van der Waals surface area contributed by atoms with Gasteiger partial charge in [0.1, 0.15) is 6.42 Å². The van der Waals surface area contributed by atoms with Crippen LogP contribution in [0.3, 0.4) is 0 Å². The van der Waals surface area contributed by atoms with Gasteiger partial charge in [-0.25, -0.2) is 0 Å². The predicted octanol–water partition coefficient (Wildman–Crippen LogP) is -0.336. The van der Waals surface area contributed by atoms with Crippen LogP contribution in [0.4, 0.5) is 0 Å². The summed E-state index contributed by atoms with van der Waals surface area (Å²) >= 11 is 0. The number of nitrogens with two attached hydrogens (primary N) is 1. The van der Waals surface area contributed by atoms with Gasteiger partial charge in [0.25, 0.3) is 0 Å². The Hall–Kier alpha value is -1.59. The number of primary amides is 1. The van der Waals surface area contributed by atoms with Crippen molar-refractivity contribution >= 4 is 17.8 Å². The molecular formula is C11H18N2O4. The normalized spacial score (nSPS) is 19.8. The summed E-state index contributed by atoms with van der Waals surface area (Å²) in [4.78, 5) is 35.4. The first-order valence-electron chi connectivity index (χ1n) is 5.77. The van der Waals surface area contributed by atoms with Crippen LogP contribution < -0.4 is 5.73 Å². The molecule has 1 fully saturated rings. The summed E-state index contributed by atoms with van der Waals surface area (Å²) in [6.45, 7) is 2.83. The first kappa shape index (κ1) is 13.5. The van der Waals surface area contributed by atoms with Gasteiger partial charge in [0.05, 0.1) is 12.5 Å². The lowest BCUT2D eigenvalue weighted by Gasteiger charge is -2.31. The summed E-state index contributed by atoms with van der Waals surface area (Å²) in [5.74, 6) is -1.51. The van der Waals surface area contributed by atoms with Gasteiger partial charge in [-0.3, -0.25) is 14.4 Å². The number of rotatable bonds is 4. The highest BCUT2D eigenvalue weighted by molar-refractivity contribution is 5.94. The highest BCUT2D eigenvalue weighted by Gasteiger charge is 2.27. The van der Waals surface area contributed by atoms with E-state index in [1.54, 1.807) is 6.92 Å². The standard InChI is InChI=1S/C11H18N2O4/c1-2-17-10(15)6-9(14)13-5-3-4-8(7-13)11(12)16/h8H,2-7H2,1H3,(H2,12,16). The van der Waals surface area contributed by atoms with Crippen LogP contribution in [0.25, 0.3) is 0 Å². The minimum absolute atomic E-state index is 0.260. The number of ether oxygens (including phenoxy) is 1. The van der Waals surface area contributed by atoms with E-state index in [1.165, 1.54) is 4.90 Å². The Morgan fingerprint density at radius 2 is 2.12 bits per heavy atom. The summed E-state index contributed by atoms with van der Waals surface area (Å²) in [6.07, 6.45) is 1.18. The topological polar surface area (TPSA) is 89.7 Å². The number of amides is 2. The van der Waals surface area contributed by atoms with E-state index in [0.29, 0.717) is 19.5 Å². The van der Waals surface area contributed by atoms with Crippen molar-refractivity contribution in [2.24, 2.45) is 11.7 Å². The quantitative estimate of drug-likeness (QED) is 0.539. The van der Waals surface area contributed by atoms with Crippen molar-refractivity contribution < 1.29 is 19.1 Å². The minimum atomic E-state index is -0.529. The van der Waals surface area contributed by atoms with Crippen LogP contribution in [-0.2, 0) is 19.1 Å². The Morgan fingerprint density at radius 1 is 1.41 bits per heavy atom. The molecule has 2 N–H and O–H groups in total. The second kappa shape index (κ2) is 6.22. The highest BCUT2D eigenvalue weighted by Crippen LogP contribution is 2.16. The number of likely N-dealkylation sites (tertiary alicyclic amines) is 1. The number of hydrogen-bond acceptors (Lipinski definition) is 4. The summed E-state index contributed by atoms with van der Waals surface area (Å²) in [5.41, 5.74) is 5.21. The van der Waals surface area contributed by atoms with Crippen molar-refractivity contribution in [1.82, 2.24) is 4.90 Å². The molecule has 0 aliphatic carbocycles. The molecule has 2 amide bonds. The molecular weight excluding hydrogens is 224 g/mol. The van der Waals surface area contributed by atoms with E-state index in [9.17, 15) is 14.4 Å². The van der Waals surface area contributed by atoms with Crippen molar-refractivity contribution in [3.63, 3.8) is 0 Å². The third-order valence-electron chi connectivity index (χ3n) is 2.78. The Balaban J connectivity index is 2.46. The molecule has 1 aliphatic heterocycles. The van der Waals surface area contributed by atoms with Crippen molar-refractivity contribution in [3.05, 3.63) is 0 Å². The summed E-state index contributed by atoms with van der Waals surface area (Å²) in [7, 11) is 0. The van der Waals surface area contributed by atoms with E-state index in [2.05, 4.69) is 0 Å². The third kappa shape index (κ3) is 4.05. The smallest absolute Gasteiger partial charge is 0.315 e. The van der Waals surface area contributed by atoms with Gasteiger partial charge < -0.3 is 15.4 Å². The lowest BCUT2D eigenvalue weighted by Crippen LogP contribution is -2.44. The molecule has 0 aromatic carbocycles. The fourth-order valence-electron chi connectivity index (χ4n) is 1.88. The maximum atomic E-state index is 11.7. The monoisotopic (exact) mass is 242 g/mol. The Labute approximate surface area is 100 Å². The van der Waals surface area contributed by atoms with E-state index in [4.69, 9.17) is 10.5 Å². The van der Waals surface area contributed by atoms with E-state index in [1.807, 2.05) is 0 Å². The zero-order valence-corrected chi connectivity index (χ0v) is 9.98. The van der Waals surface area contributed by atoms with Gasteiger partial charge in [0.15, 0.2) is 0 Å². The molecule has 1 aliphatic rings. The lowest BCUT2D eigenvalue weighted by atomic mass is 9.97. The predicted molar refractivity (Wildman–Crippen MR) is 59.7 cm³/mol. The van der Waals surface area contributed by atoms with Crippen LogP contribution in [0.2, 0.25) is 0 Å². The van der Waals surface area contributed by atoms with Gasteiger partial charge in [0.2, 0.25) is 11.8 Å². The van der Waals surface area contributed by atoms with Crippen LogP contribution in [0.15, 0.2) is 0 Å². The molecule has 1 unspecified atom stereocenters. The van der Waals surface area contributed by atoms with Gasteiger partial charge in [-0.15, -0.1) is 0 Å². The third-order valence-corrected chi connectivity index (χ3v) is 2.78. The molecule has 0 spiro atoms. The fraction of sp³-hybridized carbons (Fsp3) is 0.727. The van der Waals surface area contributed by atoms with Crippen molar-refractivity contribution in [1.29, 1.82) is 0 Å². The molecule has 17 heavy (non-hydrogen) atoms. The average Bonchev–Trinajstić information content (AvgIpc) is 2.29. The molecule has 1 heterocycles. The van der Waals surface area contributed by atoms with Gasteiger partial charge in [0, 0.05) is 13.1 Å². The van der Waals surface area contributed by atoms with Crippen LogP contribution in [0.5, 0.6) is 0 Å². The fourth-order valence-corrected chi connectivity index (χ4v) is 1.88. The summed E-state index contributed by atoms with van der Waals surface area (Å²) < 4.78 is 4.70. The summed E-state index contributed by atoms with van der Waals surface area (Å²) in [6, 6.07) is 0. The van der Waals surface area contributed by atoms with Gasteiger partial charge in [-0.05, 0) is 19.8 Å². The highest BCUT2D eigenvalue weighted by atomic mass is 16.5. The maximum absolute atomic E-state index is 11.7. The molecule has 0 aromatic rings. The maximum Gasteiger partial charge on any atom is 0.315 e. The van der Waals surface area contributed by atoms with Gasteiger partial charge >= 0.3 is 5.97 Å². The molecule has 0 saturated carbocycles. The number of piperidine rings is 1. The SMILES string of the molecule is CCOC(=O)CC(=O)N1CCCC(C(N)=O)C1. The zero-order valence-electron chi connectivity index (χ0n) is 9.98. The van der Waals surface area contributed by atoms with Crippen LogP contribution in [0.1, 0.15) is 26.2 Å². The first-order valence-corrected chi connectivity index (χ1v) is 5.77. The van der Waals surface area contributed by atoms with Crippen LogP contribution >= 0.6 is 0 Å². The van der Waals surface area contributed by atoms with Crippen molar-refractivity contribution in [2.75, 3.05) is 19.7 Å². The lowest BCUT2D eigenvalue weighted by molar-refractivity contribution is -0.149. The number of hydrogen-bond donors (Lipinski definition) is 1. The molecule has 1 rings (SSSR count). The van der Waals surface area contributed by atoms with Crippen molar-refractivity contribution in [3.8, 4) is 0 Å². The number of carbonyl (C=O) groups is 3. The zero-order chi connectivity index (χ0) is 12.8. The Kier molecular flexibility index (Phi) is 4.93. The van der Waals surface area contributed by atoms with Gasteiger partial charge in [-0.1, -0.05) is 0 Å². The molecule has 1 atom stereocenters. The molecule has 0 aromatic heterocycles. The number of esters is 1. The second-order valence-corrected chi connectivity index (χ2v) is 4.06. The van der Waals surface area contributed by atoms with Gasteiger partial charge in [-0.2, -0.15) is 0 Å². The summed E-state index contributed by atoms with van der Waals surface area (Å²) in [5, 5.41) is 0. The molecule has 6 heteroatoms. The average molecular weight is 242 g/mol. The van der Waals surface area contributed by atoms with E-state index in [0.717, 1.165) is 6.42 Å². The molecule has 96 valence electrons. The van der Waals surface area contributed by atoms with Crippen LogP contribution in [-0.4, -0.2) is 42.4 Å². The molecule has 1 saturated heterocycles. The molecule has 0 bridgehead atoms. The Bertz CT molecular complexity index is 317. The van der Waals surface area contributed by atoms with Crippen LogP contribution in [0, 0.1) is 5.92 Å². The molecule has 0 radical (unpaired) electrons. The van der Waals surface area contributed by atoms with E-state index in [-0.39, 0.29) is 24.9 Å². The minimum Gasteiger partial charge on any atom is -0.466 e. The number of carbonyl (C=O) groups excluding carboxylic acids is 3. The number of nitrogens with zero attached hydrogens (tertiary/aromatic N) is 1. The molecule has 6 nitrogen and oxygen atoms in total. The first-order chi connectivity index (χ1) is 8.04. The largest absolute Gasteiger partial charge is 0.466 e. The Morgan fingerprint density at radius 3 is 2.71 bits per heavy atom. The van der Waals surface area contributed by atoms with Crippen molar-refractivity contribution in [2.45, 2.75) is 26.2 Å². The van der Waals surface area contributed by atoms with E-state index < -0.39 is 11.9 Å². The van der Waals surface area contributed by atoms with E-state index >= 15 is 0 Å².